The lowest BCUT2D eigenvalue weighted by molar-refractivity contribution is 0.00571. The maximum Gasteiger partial charge on any atom is 0.200 e. The van der Waals surface area contributed by atoms with E-state index in [4.69, 9.17) is 10.5 Å². The number of benzene rings is 2. The summed E-state index contributed by atoms with van der Waals surface area (Å²) in [5.41, 5.74) is 21.1. The van der Waals surface area contributed by atoms with E-state index in [2.05, 4.69) is 27.8 Å². The molecule has 0 amide bonds. The molecule has 2 fully saturated rings. The summed E-state index contributed by atoms with van der Waals surface area (Å²) < 4.78 is 32.8. The highest BCUT2D eigenvalue weighted by atomic mass is 19.1. The summed E-state index contributed by atoms with van der Waals surface area (Å²) in [6.45, 7) is 0.588. The summed E-state index contributed by atoms with van der Waals surface area (Å²) in [6.07, 6.45) is -0.452. The predicted molar refractivity (Wildman–Crippen MR) is 108 cm³/mol. The molecule has 3 aliphatic rings. The number of halogens is 2. The summed E-state index contributed by atoms with van der Waals surface area (Å²) in [5, 5.41) is 9.95. The van der Waals surface area contributed by atoms with Crippen molar-refractivity contribution in [1.82, 2.24) is 21.7 Å². The van der Waals surface area contributed by atoms with Crippen LogP contribution in [0.4, 0.5) is 8.78 Å². The third-order valence-electron chi connectivity index (χ3n) is 6.45. The lowest BCUT2D eigenvalue weighted by Gasteiger charge is -2.40. The predicted octanol–water partition coefficient (Wildman–Crippen LogP) is 1.86. The van der Waals surface area contributed by atoms with Crippen LogP contribution in [-0.2, 0) is 4.74 Å². The van der Waals surface area contributed by atoms with Crippen LogP contribution in [0.5, 0.6) is 0 Å². The first-order chi connectivity index (χ1) is 15.1. The molecule has 160 valence electrons. The SMILES string of the molecule is N#CC1=C(N)OC2NNC(c3ccc(F)cc3)C2C1C1CNNC1c1ccc(F)cc1. The number of nitriles is 1. The van der Waals surface area contributed by atoms with Crippen molar-refractivity contribution in [2.75, 3.05) is 6.54 Å². The monoisotopic (exact) mass is 424 g/mol. The molecule has 0 bridgehead atoms. The van der Waals surface area contributed by atoms with E-state index >= 15 is 0 Å². The fourth-order valence-corrected chi connectivity index (χ4v) is 5.05. The molecule has 31 heavy (non-hydrogen) atoms. The molecule has 2 saturated heterocycles. The van der Waals surface area contributed by atoms with Gasteiger partial charge in [0.2, 0.25) is 0 Å². The molecule has 9 heteroatoms. The molecule has 2 aromatic carbocycles. The van der Waals surface area contributed by atoms with Crippen molar-refractivity contribution in [3.05, 3.63) is 82.7 Å². The normalized spacial score (nSPS) is 32.4. The molecule has 0 saturated carbocycles. The Bertz CT molecular complexity index is 1040. The highest BCUT2D eigenvalue weighted by molar-refractivity contribution is 5.35. The van der Waals surface area contributed by atoms with Crippen molar-refractivity contribution >= 4 is 0 Å². The molecule has 3 aliphatic heterocycles. The first kappa shape index (κ1) is 19.9. The van der Waals surface area contributed by atoms with Gasteiger partial charge < -0.3 is 10.5 Å². The van der Waals surface area contributed by atoms with Gasteiger partial charge >= 0.3 is 0 Å². The smallest absolute Gasteiger partial charge is 0.200 e. The number of hydrogen-bond donors (Lipinski definition) is 5. The molecule has 6 N–H and O–H groups in total. The van der Waals surface area contributed by atoms with Crippen molar-refractivity contribution in [2.45, 2.75) is 18.3 Å². The Labute approximate surface area is 178 Å². The Morgan fingerprint density at radius 1 is 0.903 bits per heavy atom. The van der Waals surface area contributed by atoms with E-state index in [0.29, 0.717) is 12.1 Å². The van der Waals surface area contributed by atoms with Gasteiger partial charge in [-0.1, -0.05) is 24.3 Å². The van der Waals surface area contributed by atoms with Gasteiger partial charge in [-0.05, 0) is 35.4 Å². The minimum Gasteiger partial charge on any atom is -0.458 e. The number of ether oxygens (including phenoxy) is 1. The van der Waals surface area contributed by atoms with E-state index in [1.54, 1.807) is 24.3 Å². The number of rotatable bonds is 3. The molecule has 0 aliphatic carbocycles. The van der Waals surface area contributed by atoms with Crippen molar-refractivity contribution in [3.63, 3.8) is 0 Å². The standard InChI is InChI=1S/C22H22F2N6O/c23-13-5-1-11(2-6-13)19-16(10-27-28-19)17-15(9-25)21(26)31-22-18(17)20(29-30-22)12-3-7-14(24)8-4-12/h1-8,16-20,22,27-30H,10,26H2. The number of nitrogens with one attached hydrogen (secondary N) is 4. The average molecular weight is 424 g/mol. The van der Waals surface area contributed by atoms with E-state index in [0.717, 1.165) is 11.1 Å². The quantitative estimate of drug-likeness (QED) is 0.512. The summed E-state index contributed by atoms with van der Waals surface area (Å²) >= 11 is 0. The molecular weight excluding hydrogens is 402 g/mol. The Morgan fingerprint density at radius 2 is 1.52 bits per heavy atom. The highest BCUT2D eigenvalue weighted by Gasteiger charge is 2.53. The minimum absolute atomic E-state index is 0.0558. The topological polar surface area (TPSA) is 107 Å². The van der Waals surface area contributed by atoms with Crippen LogP contribution in [0.2, 0.25) is 0 Å². The summed E-state index contributed by atoms with van der Waals surface area (Å²) in [6, 6.07) is 14.5. The van der Waals surface area contributed by atoms with Crippen LogP contribution >= 0.6 is 0 Å². The van der Waals surface area contributed by atoms with Gasteiger partial charge in [0.1, 0.15) is 17.7 Å². The third kappa shape index (κ3) is 3.43. The summed E-state index contributed by atoms with van der Waals surface area (Å²) in [5.74, 6) is -1.02. The van der Waals surface area contributed by atoms with Gasteiger partial charge in [0.25, 0.3) is 0 Å². The van der Waals surface area contributed by atoms with E-state index in [1.165, 1.54) is 24.3 Å². The van der Waals surface area contributed by atoms with Gasteiger partial charge in [0.05, 0.1) is 17.7 Å². The van der Waals surface area contributed by atoms with Gasteiger partial charge in [-0.2, -0.15) is 5.26 Å². The maximum absolute atomic E-state index is 13.5. The zero-order valence-electron chi connectivity index (χ0n) is 16.5. The molecular formula is C22H22F2N6O. The van der Waals surface area contributed by atoms with Crippen LogP contribution in [0.1, 0.15) is 23.2 Å². The first-order valence-electron chi connectivity index (χ1n) is 10.1. The third-order valence-corrected chi connectivity index (χ3v) is 6.45. The maximum atomic E-state index is 13.5. The Morgan fingerprint density at radius 3 is 2.13 bits per heavy atom. The van der Waals surface area contributed by atoms with Crippen molar-refractivity contribution in [2.24, 2.45) is 23.5 Å². The largest absolute Gasteiger partial charge is 0.458 e. The molecule has 2 aromatic rings. The van der Waals surface area contributed by atoms with Gasteiger partial charge in [-0.15, -0.1) is 0 Å². The molecule has 5 rings (SSSR count). The molecule has 7 nitrogen and oxygen atoms in total. The second kappa shape index (κ2) is 7.90. The van der Waals surface area contributed by atoms with E-state index < -0.39 is 6.23 Å². The molecule has 6 unspecified atom stereocenters. The zero-order valence-corrected chi connectivity index (χ0v) is 16.5. The molecule has 0 aromatic heterocycles. The first-order valence-corrected chi connectivity index (χ1v) is 10.1. The van der Waals surface area contributed by atoms with Crippen molar-refractivity contribution in [1.29, 1.82) is 5.26 Å². The van der Waals surface area contributed by atoms with Crippen molar-refractivity contribution < 1.29 is 13.5 Å². The van der Waals surface area contributed by atoms with Crippen LogP contribution in [0, 0.1) is 40.7 Å². The van der Waals surface area contributed by atoms with Crippen LogP contribution in [0.3, 0.4) is 0 Å². The summed E-state index contributed by atoms with van der Waals surface area (Å²) in [7, 11) is 0. The fraction of sp³-hybridized carbons (Fsp3) is 0.318. The number of nitrogens with zero attached hydrogens (tertiary/aromatic N) is 1. The molecule has 3 heterocycles. The van der Waals surface area contributed by atoms with Crippen LogP contribution in [0.15, 0.2) is 60.0 Å². The second-order valence-electron chi connectivity index (χ2n) is 8.07. The van der Waals surface area contributed by atoms with E-state index in [1.807, 2.05) is 0 Å². The lowest BCUT2D eigenvalue weighted by Crippen LogP contribution is -2.45. The molecule has 0 spiro atoms. The van der Waals surface area contributed by atoms with E-state index in [-0.39, 0.29) is 47.4 Å². The number of allylic oxidation sites excluding steroid dienone is 1. The lowest BCUT2D eigenvalue weighted by atomic mass is 9.68. The van der Waals surface area contributed by atoms with Gasteiger partial charge in [-0.25, -0.2) is 25.1 Å². The number of hydrogen-bond acceptors (Lipinski definition) is 7. The molecule has 6 atom stereocenters. The van der Waals surface area contributed by atoms with Gasteiger partial charge in [0, 0.05) is 24.3 Å². The van der Waals surface area contributed by atoms with Crippen molar-refractivity contribution in [3.8, 4) is 6.07 Å². The van der Waals surface area contributed by atoms with Crippen LogP contribution in [0.25, 0.3) is 0 Å². The minimum atomic E-state index is -0.452. The van der Waals surface area contributed by atoms with Gasteiger partial charge in [-0.3, -0.25) is 5.43 Å². The number of hydrazine groups is 2. The zero-order chi connectivity index (χ0) is 21.5. The van der Waals surface area contributed by atoms with Crippen LogP contribution < -0.4 is 27.4 Å². The highest BCUT2D eigenvalue weighted by Crippen LogP contribution is 2.48. The van der Waals surface area contributed by atoms with Crippen LogP contribution in [-0.4, -0.2) is 12.8 Å². The number of nitrogens with two attached hydrogens (primary N) is 1. The number of fused-ring (bicyclic) bond motifs is 1. The Kier molecular flexibility index (Phi) is 5.08. The summed E-state index contributed by atoms with van der Waals surface area (Å²) in [4.78, 5) is 0. The average Bonchev–Trinajstić information content (AvgIpc) is 3.41. The fourth-order valence-electron chi connectivity index (χ4n) is 5.05. The van der Waals surface area contributed by atoms with E-state index in [9.17, 15) is 14.0 Å². The Balaban J connectivity index is 1.56. The van der Waals surface area contributed by atoms with Gasteiger partial charge in [0.15, 0.2) is 12.1 Å². The molecule has 0 radical (unpaired) electrons. The Hall–Kier alpha value is -3.03. The second-order valence-corrected chi connectivity index (χ2v) is 8.07.